The molecule has 0 heterocycles. The lowest BCUT2D eigenvalue weighted by molar-refractivity contribution is -0.161. The van der Waals surface area contributed by atoms with Gasteiger partial charge in [0.1, 0.15) is 6.61 Å². The predicted octanol–water partition coefficient (Wildman–Crippen LogP) is 22.6. The molecule has 0 aliphatic heterocycles. The number of unbranched alkanes of at least 4 members (excludes halogenated alkanes) is 36. The van der Waals surface area contributed by atoms with Crippen LogP contribution in [0.2, 0.25) is 0 Å². The minimum Gasteiger partial charge on any atom is -0.462 e. The van der Waals surface area contributed by atoms with E-state index in [9.17, 15) is 14.7 Å². The third-order valence-electron chi connectivity index (χ3n) is 14.4. The second kappa shape index (κ2) is 66.1. The van der Waals surface area contributed by atoms with E-state index in [-0.39, 0.29) is 25.2 Å². The first kappa shape index (κ1) is 72.8. The van der Waals surface area contributed by atoms with Crippen LogP contribution in [0.4, 0.5) is 0 Å². The van der Waals surface area contributed by atoms with Crippen molar-refractivity contribution in [2.45, 2.75) is 328 Å². The zero-order chi connectivity index (χ0) is 54.8. The van der Waals surface area contributed by atoms with Gasteiger partial charge in [-0.05, 0) is 77.0 Å². The van der Waals surface area contributed by atoms with E-state index in [1.807, 2.05) is 0 Å². The summed E-state index contributed by atoms with van der Waals surface area (Å²) < 4.78 is 10.7. The molecule has 0 bridgehead atoms. The SMILES string of the molecule is CC/C=C\C/C=C\C/C=C\C/C=C\C/C=C\C/C=C\C/C=C\C/C=C\CCCCCCCCCCCCCCCCC(=O)OC(CO)COC(=O)CCCCCCCCCCCCCCCCCCCCCCCCC. The van der Waals surface area contributed by atoms with Gasteiger partial charge in [-0.1, -0.05) is 329 Å². The molecule has 0 amide bonds. The molecule has 0 aromatic heterocycles. The zero-order valence-corrected chi connectivity index (χ0v) is 50.3. The van der Waals surface area contributed by atoms with Gasteiger partial charge in [0.2, 0.25) is 0 Å². The maximum Gasteiger partial charge on any atom is 0.306 e. The second-order valence-electron chi connectivity index (χ2n) is 21.8. The summed E-state index contributed by atoms with van der Waals surface area (Å²) in [6.45, 7) is 4.07. The van der Waals surface area contributed by atoms with E-state index < -0.39 is 6.10 Å². The van der Waals surface area contributed by atoms with Crippen LogP contribution in [0, 0.1) is 0 Å². The van der Waals surface area contributed by atoms with Crippen LogP contribution < -0.4 is 0 Å². The summed E-state index contributed by atoms with van der Waals surface area (Å²) >= 11 is 0. The number of hydrogen-bond acceptors (Lipinski definition) is 5. The summed E-state index contributed by atoms with van der Waals surface area (Å²) in [7, 11) is 0. The lowest BCUT2D eigenvalue weighted by Crippen LogP contribution is -2.28. The van der Waals surface area contributed by atoms with Crippen molar-refractivity contribution in [2.24, 2.45) is 0 Å². The number of rotatable bonds is 60. The maximum absolute atomic E-state index is 12.3. The molecular formula is C71H124O5. The van der Waals surface area contributed by atoms with Crippen molar-refractivity contribution in [3.05, 3.63) is 97.2 Å². The first-order valence-electron chi connectivity index (χ1n) is 32.8. The van der Waals surface area contributed by atoms with Gasteiger partial charge in [0.05, 0.1) is 6.61 Å². The van der Waals surface area contributed by atoms with Gasteiger partial charge in [-0.15, -0.1) is 0 Å². The Labute approximate surface area is 472 Å². The Bertz CT molecular complexity index is 1430. The minimum absolute atomic E-state index is 0.0644. The quantitative estimate of drug-likeness (QED) is 0.0373. The van der Waals surface area contributed by atoms with Crippen LogP contribution in [0.1, 0.15) is 322 Å². The smallest absolute Gasteiger partial charge is 0.306 e. The van der Waals surface area contributed by atoms with Crippen LogP contribution >= 0.6 is 0 Å². The van der Waals surface area contributed by atoms with E-state index in [4.69, 9.17) is 9.47 Å². The fourth-order valence-corrected chi connectivity index (χ4v) is 9.52. The summed E-state index contributed by atoms with van der Waals surface area (Å²) in [5, 5.41) is 9.68. The molecule has 0 aliphatic rings. The molecule has 0 spiro atoms. The molecule has 0 radical (unpaired) electrons. The summed E-state index contributed by atoms with van der Waals surface area (Å²) in [4.78, 5) is 24.6. The number of aliphatic hydroxyl groups is 1. The zero-order valence-electron chi connectivity index (χ0n) is 50.3. The Morgan fingerprint density at radius 2 is 0.566 bits per heavy atom. The Hall–Kier alpha value is -3.18. The molecular weight excluding hydrogens is 933 g/mol. The highest BCUT2D eigenvalue weighted by Crippen LogP contribution is 2.18. The molecule has 76 heavy (non-hydrogen) atoms. The van der Waals surface area contributed by atoms with Gasteiger partial charge in [-0.2, -0.15) is 0 Å². The van der Waals surface area contributed by atoms with Gasteiger partial charge in [0.25, 0.3) is 0 Å². The van der Waals surface area contributed by atoms with Crippen molar-refractivity contribution in [3.8, 4) is 0 Å². The molecule has 1 unspecified atom stereocenters. The fourth-order valence-electron chi connectivity index (χ4n) is 9.52. The second-order valence-corrected chi connectivity index (χ2v) is 21.8. The van der Waals surface area contributed by atoms with Crippen molar-refractivity contribution in [3.63, 3.8) is 0 Å². The number of allylic oxidation sites excluding steroid dienone is 16. The van der Waals surface area contributed by atoms with Crippen LogP contribution in [-0.4, -0.2) is 36.4 Å². The van der Waals surface area contributed by atoms with E-state index >= 15 is 0 Å². The van der Waals surface area contributed by atoms with Gasteiger partial charge >= 0.3 is 11.9 Å². The van der Waals surface area contributed by atoms with Gasteiger partial charge in [0.15, 0.2) is 6.10 Å². The number of carbonyl (C=O) groups is 2. The van der Waals surface area contributed by atoms with Gasteiger partial charge in [-0.25, -0.2) is 0 Å². The van der Waals surface area contributed by atoms with Crippen LogP contribution in [0.15, 0.2) is 97.2 Å². The summed E-state index contributed by atoms with van der Waals surface area (Å²) in [5.74, 6) is -0.578. The van der Waals surface area contributed by atoms with Crippen LogP contribution in [0.25, 0.3) is 0 Å². The maximum atomic E-state index is 12.3. The van der Waals surface area contributed by atoms with E-state index in [2.05, 4.69) is 111 Å². The lowest BCUT2D eigenvalue weighted by atomic mass is 10.0. The molecule has 0 saturated carbocycles. The number of ether oxygens (including phenoxy) is 2. The normalized spacial score (nSPS) is 12.8. The minimum atomic E-state index is -0.775. The van der Waals surface area contributed by atoms with Crippen molar-refractivity contribution in [1.82, 2.24) is 0 Å². The number of carbonyl (C=O) groups excluding carboxylic acids is 2. The number of aliphatic hydroxyl groups excluding tert-OH is 1. The van der Waals surface area contributed by atoms with E-state index in [1.54, 1.807) is 0 Å². The van der Waals surface area contributed by atoms with Crippen LogP contribution in [0.5, 0.6) is 0 Å². The summed E-state index contributed by atoms with van der Waals surface area (Å²) in [6.07, 6.45) is 94.1. The fraction of sp³-hybridized carbons (Fsp3) is 0.746. The largest absolute Gasteiger partial charge is 0.462 e. The van der Waals surface area contributed by atoms with Gasteiger partial charge in [-0.3, -0.25) is 9.59 Å². The Balaban J connectivity index is 3.48. The molecule has 0 fully saturated rings. The topological polar surface area (TPSA) is 72.8 Å². The van der Waals surface area contributed by atoms with Gasteiger partial charge < -0.3 is 14.6 Å². The Morgan fingerprint density at radius 3 is 0.855 bits per heavy atom. The standard InChI is InChI=1S/C71H124O5/c1-3-5-7-9-11-13-15-17-19-21-23-25-27-28-29-30-31-32-33-34-35-36-37-38-39-40-41-42-44-46-48-50-52-54-56-58-60-62-64-66-71(74)76-69(67-72)68-75-70(73)65-63-61-59-57-55-53-51-49-47-45-43-26-24-22-20-18-16-14-12-10-8-6-4-2/h5,7,11,13,17,19,23,25,28-29,31-32,34-35,37-38,69,72H,3-4,6,8-10,12,14-16,18,20-22,24,26-27,30,33,36,39-68H2,1-2H3/b7-5-,13-11-,19-17-,25-23-,29-28-,32-31-,35-34-,38-37-. The lowest BCUT2D eigenvalue weighted by Gasteiger charge is -2.15. The molecule has 438 valence electrons. The molecule has 1 atom stereocenters. The molecule has 0 saturated heterocycles. The molecule has 0 aromatic rings. The highest BCUT2D eigenvalue weighted by Gasteiger charge is 2.16. The number of esters is 2. The molecule has 0 rings (SSSR count). The Morgan fingerprint density at radius 1 is 0.316 bits per heavy atom. The van der Waals surface area contributed by atoms with E-state index in [1.165, 1.54) is 205 Å². The molecule has 1 N–H and O–H groups in total. The van der Waals surface area contributed by atoms with Gasteiger partial charge in [0, 0.05) is 12.8 Å². The van der Waals surface area contributed by atoms with Crippen molar-refractivity contribution in [2.75, 3.05) is 13.2 Å². The predicted molar refractivity (Wildman–Crippen MR) is 334 cm³/mol. The highest BCUT2D eigenvalue weighted by molar-refractivity contribution is 5.70. The highest BCUT2D eigenvalue weighted by atomic mass is 16.6. The molecule has 5 nitrogen and oxygen atoms in total. The first-order valence-corrected chi connectivity index (χ1v) is 32.8. The molecule has 0 aliphatic carbocycles. The van der Waals surface area contributed by atoms with E-state index in [0.29, 0.717) is 12.8 Å². The average Bonchev–Trinajstić information content (AvgIpc) is 3.42. The summed E-state index contributed by atoms with van der Waals surface area (Å²) in [5.41, 5.74) is 0. The van der Waals surface area contributed by atoms with Crippen molar-refractivity contribution >= 4 is 11.9 Å². The van der Waals surface area contributed by atoms with Crippen molar-refractivity contribution < 1.29 is 24.2 Å². The average molecular weight is 1060 g/mol. The summed E-state index contributed by atoms with van der Waals surface area (Å²) in [6, 6.07) is 0. The van der Waals surface area contributed by atoms with Crippen LogP contribution in [-0.2, 0) is 19.1 Å². The third kappa shape index (κ3) is 63.4. The van der Waals surface area contributed by atoms with Crippen LogP contribution in [0.3, 0.4) is 0 Å². The van der Waals surface area contributed by atoms with Crippen molar-refractivity contribution in [1.29, 1.82) is 0 Å². The molecule has 0 aromatic carbocycles. The first-order chi connectivity index (χ1) is 37.6. The number of hydrogen-bond donors (Lipinski definition) is 1. The third-order valence-corrected chi connectivity index (χ3v) is 14.4. The Kier molecular flexibility index (Phi) is 63.3. The van der Waals surface area contributed by atoms with E-state index in [0.717, 1.165) is 89.9 Å². The molecule has 5 heteroatoms. The monoisotopic (exact) mass is 1060 g/mol.